The maximum absolute atomic E-state index is 14.2. The molecule has 0 saturated heterocycles. The Morgan fingerprint density at radius 3 is 2.42 bits per heavy atom. The summed E-state index contributed by atoms with van der Waals surface area (Å²) in [7, 11) is 0. The summed E-state index contributed by atoms with van der Waals surface area (Å²) in [4.78, 5) is 31.8. The topological polar surface area (TPSA) is 153 Å². The lowest BCUT2D eigenvalue weighted by molar-refractivity contribution is -0.135. The third-order valence-electron chi connectivity index (χ3n) is 9.06. The number of amides is 2. The van der Waals surface area contributed by atoms with Crippen molar-refractivity contribution in [2.45, 2.75) is 103 Å². The van der Waals surface area contributed by atoms with Crippen LogP contribution >= 0.6 is 0 Å². The van der Waals surface area contributed by atoms with Crippen molar-refractivity contribution in [2.75, 3.05) is 0 Å². The predicted molar refractivity (Wildman–Crippen MR) is 152 cm³/mol. The molecule has 0 aliphatic heterocycles. The molecule has 0 radical (unpaired) electrons. The molecule has 43 heavy (non-hydrogen) atoms. The van der Waals surface area contributed by atoms with Crippen LogP contribution < -0.4 is 11.1 Å². The second-order valence-corrected chi connectivity index (χ2v) is 13.8. The monoisotopic (exact) mass is 598 g/mol. The van der Waals surface area contributed by atoms with E-state index in [1.54, 1.807) is 37.7 Å². The zero-order valence-electron chi connectivity index (χ0n) is 24.8. The number of imidazole rings is 1. The fourth-order valence-corrected chi connectivity index (χ4v) is 6.12. The van der Waals surface area contributed by atoms with Gasteiger partial charge >= 0.3 is 0 Å². The smallest absolute Gasteiger partial charge is 0.271 e. The number of hydrogen-bond donors (Lipinski definition) is 3. The normalized spacial score (nSPS) is 21.4. The van der Waals surface area contributed by atoms with E-state index in [1.807, 2.05) is 6.07 Å². The first kappa shape index (κ1) is 29.6. The Morgan fingerprint density at radius 2 is 1.81 bits per heavy atom. The van der Waals surface area contributed by atoms with Crippen molar-refractivity contribution in [2.24, 2.45) is 28.9 Å². The summed E-state index contributed by atoms with van der Waals surface area (Å²) in [5.74, 6) is -4.01. The van der Waals surface area contributed by atoms with Gasteiger partial charge in [0.2, 0.25) is 11.8 Å². The Labute approximate surface area is 248 Å². The maximum atomic E-state index is 14.2. The summed E-state index contributed by atoms with van der Waals surface area (Å²) < 4.78 is 30.0. The second-order valence-electron chi connectivity index (χ2n) is 13.8. The van der Waals surface area contributed by atoms with Crippen LogP contribution in [0, 0.1) is 23.2 Å². The zero-order valence-corrected chi connectivity index (χ0v) is 24.8. The predicted octanol–water partition coefficient (Wildman–Crippen LogP) is 3.76. The quantitative estimate of drug-likeness (QED) is 0.321. The number of carbonyl (C=O) groups excluding carboxylic acids is 2. The van der Waals surface area contributed by atoms with E-state index < -0.39 is 35.2 Å². The Bertz CT molecular complexity index is 1510. The molecule has 0 spiro atoms. The number of fused-ring (bicyclic) bond motifs is 1. The van der Waals surface area contributed by atoms with Gasteiger partial charge in [-0.2, -0.15) is 15.0 Å². The zero-order chi connectivity index (χ0) is 30.7. The highest BCUT2D eigenvalue weighted by Crippen LogP contribution is 2.45. The van der Waals surface area contributed by atoms with E-state index in [9.17, 15) is 23.5 Å². The molecule has 3 aromatic heterocycles. The Kier molecular flexibility index (Phi) is 7.50. The van der Waals surface area contributed by atoms with Gasteiger partial charge < -0.3 is 16.2 Å². The number of halogens is 2. The second kappa shape index (κ2) is 10.9. The summed E-state index contributed by atoms with van der Waals surface area (Å²) in [6, 6.07) is 1.52. The number of carbonyl (C=O) groups is 2. The van der Waals surface area contributed by atoms with Gasteiger partial charge in [-0.05, 0) is 73.3 Å². The largest absolute Gasteiger partial charge is 0.383 e. The number of hydrogen-bond acceptors (Lipinski definition) is 7. The van der Waals surface area contributed by atoms with Gasteiger partial charge in [0.15, 0.2) is 11.3 Å². The van der Waals surface area contributed by atoms with Gasteiger partial charge in [0.1, 0.15) is 11.8 Å². The molecule has 0 bridgehead atoms. The van der Waals surface area contributed by atoms with Crippen LogP contribution in [-0.2, 0) is 11.3 Å². The standard InChI is InChI=1S/C30H40F2N8O3/c1-29(2,3)26(41)28(43)36-23(18-6-7-18)19-12-21-35-20(15-39(21)34-13-19)22(17-8-10-30(31,32)11-9-17)24-25(27(33)42)38-40(37-24)14-16-4-5-16/h12-13,15-18,22-23,26,41H,4-11,14H2,1-3H3,(H2,33,42)(H,36,43)/t22-,23?,26-/m0/s1. The van der Waals surface area contributed by atoms with Crippen LogP contribution in [0.3, 0.4) is 0 Å². The van der Waals surface area contributed by atoms with Gasteiger partial charge in [-0.15, -0.1) is 5.10 Å². The van der Waals surface area contributed by atoms with Crippen LogP contribution in [0.5, 0.6) is 0 Å². The lowest BCUT2D eigenvalue weighted by Gasteiger charge is -2.32. The van der Waals surface area contributed by atoms with E-state index in [0.29, 0.717) is 29.5 Å². The van der Waals surface area contributed by atoms with E-state index in [1.165, 1.54) is 4.80 Å². The van der Waals surface area contributed by atoms with Crippen molar-refractivity contribution < 1.29 is 23.5 Å². The van der Waals surface area contributed by atoms with E-state index in [4.69, 9.17) is 15.8 Å². The number of nitrogens with two attached hydrogens (primary N) is 1. The van der Waals surface area contributed by atoms with E-state index in [0.717, 1.165) is 31.2 Å². The van der Waals surface area contributed by atoms with E-state index in [-0.39, 0.29) is 49.3 Å². The number of nitrogens with one attached hydrogen (secondary N) is 1. The van der Waals surface area contributed by atoms with Crippen molar-refractivity contribution in [3.8, 4) is 0 Å². The van der Waals surface area contributed by atoms with Gasteiger partial charge in [-0.25, -0.2) is 18.3 Å². The average Bonchev–Trinajstić information content (AvgIpc) is 3.86. The van der Waals surface area contributed by atoms with E-state index in [2.05, 4.69) is 15.5 Å². The Morgan fingerprint density at radius 1 is 1.12 bits per heavy atom. The first-order valence-electron chi connectivity index (χ1n) is 15.3. The van der Waals surface area contributed by atoms with Crippen LogP contribution in [0.2, 0.25) is 0 Å². The molecule has 1 unspecified atom stereocenters. The Hall–Kier alpha value is -3.48. The van der Waals surface area contributed by atoms with Crippen LogP contribution in [0.4, 0.5) is 8.78 Å². The lowest BCUT2D eigenvalue weighted by atomic mass is 9.75. The SMILES string of the molecule is CC(C)(C)[C@@H](O)C(=O)NC(c1cnn2cc([C@@H](c3nn(CC4CC4)nc3C(N)=O)C3CCC(F)(F)CC3)nc2c1)C1CC1. The fraction of sp³-hybridized carbons (Fsp3) is 0.667. The molecule has 232 valence electrons. The van der Waals surface area contributed by atoms with E-state index >= 15 is 0 Å². The number of aliphatic hydroxyl groups is 1. The van der Waals surface area contributed by atoms with Crippen LogP contribution in [0.15, 0.2) is 18.5 Å². The molecule has 6 rings (SSSR count). The minimum Gasteiger partial charge on any atom is -0.383 e. The molecule has 3 atom stereocenters. The molecule has 3 aromatic rings. The highest BCUT2D eigenvalue weighted by Gasteiger charge is 2.42. The van der Waals surface area contributed by atoms with Crippen molar-refractivity contribution >= 4 is 17.5 Å². The van der Waals surface area contributed by atoms with Crippen molar-refractivity contribution in [1.82, 2.24) is 34.9 Å². The number of primary amides is 1. The number of alkyl halides is 2. The summed E-state index contributed by atoms with van der Waals surface area (Å²) in [6.07, 6.45) is 6.27. The maximum Gasteiger partial charge on any atom is 0.271 e. The first-order valence-corrected chi connectivity index (χ1v) is 15.3. The molecule has 13 heteroatoms. The summed E-state index contributed by atoms with van der Waals surface area (Å²) >= 11 is 0. The molecular weight excluding hydrogens is 558 g/mol. The Balaban J connectivity index is 1.35. The van der Waals surface area contributed by atoms with Gasteiger partial charge in [-0.3, -0.25) is 9.59 Å². The summed E-state index contributed by atoms with van der Waals surface area (Å²) in [5.41, 5.74) is 7.38. The van der Waals surface area contributed by atoms with Gasteiger partial charge in [0.25, 0.3) is 5.91 Å². The highest BCUT2D eigenvalue weighted by molar-refractivity contribution is 5.92. The average molecular weight is 599 g/mol. The highest BCUT2D eigenvalue weighted by atomic mass is 19.3. The first-order chi connectivity index (χ1) is 20.3. The molecule has 3 saturated carbocycles. The third-order valence-corrected chi connectivity index (χ3v) is 9.06. The summed E-state index contributed by atoms with van der Waals surface area (Å²) in [5, 5.41) is 27.2. The van der Waals surface area contributed by atoms with Crippen LogP contribution in [0.1, 0.15) is 112 Å². The van der Waals surface area contributed by atoms with Crippen molar-refractivity contribution in [3.63, 3.8) is 0 Å². The number of rotatable bonds is 10. The lowest BCUT2D eigenvalue weighted by Crippen LogP contribution is -2.44. The van der Waals surface area contributed by atoms with Gasteiger partial charge in [0.05, 0.1) is 36.6 Å². The molecule has 3 aliphatic carbocycles. The molecule has 2 amide bonds. The molecular formula is C30H40F2N8O3. The molecule has 3 fully saturated rings. The van der Waals surface area contributed by atoms with Crippen molar-refractivity contribution in [3.05, 3.63) is 41.1 Å². The van der Waals surface area contributed by atoms with Crippen LogP contribution in [0.25, 0.3) is 5.65 Å². The minimum absolute atomic E-state index is 0.0441. The fourth-order valence-electron chi connectivity index (χ4n) is 6.12. The number of aliphatic hydroxyl groups excluding tert-OH is 1. The molecule has 11 nitrogen and oxygen atoms in total. The molecule has 3 aliphatic rings. The molecule has 4 N–H and O–H groups in total. The van der Waals surface area contributed by atoms with Crippen LogP contribution in [-0.4, -0.2) is 58.5 Å². The number of aromatic nitrogens is 6. The van der Waals surface area contributed by atoms with Crippen molar-refractivity contribution in [1.29, 1.82) is 0 Å². The summed E-state index contributed by atoms with van der Waals surface area (Å²) in [6.45, 7) is 5.99. The van der Waals surface area contributed by atoms with Gasteiger partial charge in [-0.1, -0.05) is 20.8 Å². The van der Waals surface area contributed by atoms with Gasteiger partial charge in [0, 0.05) is 12.8 Å². The third kappa shape index (κ3) is 6.41. The number of nitrogens with zero attached hydrogens (tertiary/aromatic N) is 6. The molecule has 3 heterocycles. The molecule has 0 aromatic carbocycles. The minimum atomic E-state index is -2.73.